The third-order valence-electron chi connectivity index (χ3n) is 2.97. The highest BCUT2D eigenvalue weighted by Gasteiger charge is 2.53. The van der Waals surface area contributed by atoms with E-state index in [1.54, 1.807) is 0 Å². The van der Waals surface area contributed by atoms with E-state index in [9.17, 15) is 14.4 Å². The Morgan fingerprint density at radius 2 is 2.05 bits per heavy atom. The summed E-state index contributed by atoms with van der Waals surface area (Å²) in [5, 5.41) is 11.0. The van der Waals surface area contributed by atoms with Crippen LogP contribution >= 0.6 is 0 Å². The summed E-state index contributed by atoms with van der Waals surface area (Å²) in [4.78, 5) is 33.9. The lowest BCUT2D eigenvalue weighted by molar-refractivity contribution is -0.149. The molecule has 4 N–H and O–H groups in total. The van der Waals surface area contributed by atoms with Gasteiger partial charge in [-0.1, -0.05) is 13.3 Å². The number of aliphatic carboxylic acids is 1. The van der Waals surface area contributed by atoms with Crippen LogP contribution in [0.1, 0.15) is 39.0 Å². The van der Waals surface area contributed by atoms with Gasteiger partial charge in [0.2, 0.25) is 5.91 Å². The molecule has 7 nitrogen and oxygen atoms in total. The number of hydrogen-bond donors (Lipinski definition) is 3. The highest BCUT2D eigenvalue weighted by molar-refractivity contribution is 5.93. The maximum atomic E-state index is 11.8. The quantitative estimate of drug-likeness (QED) is 0.415. The molecule has 19 heavy (non-hydrogen) atoms. The minimum Gasteiger partial charge on any atom is -0.481 e. The number of nitrogens with two attached hydrogens (primary N) is 1. The lowest BCUT2D eigenvalue weighted by Gasteiger charge is -2.18. The molecule has 0 aromatic heterocycles. The fourth-order valence-corrected chi connectivity index (χ4v) is 1.56. The molecule has 0 aromatic rings. The molecule has 7 heteroatoms. The van der Waals surface area contributed by atoms with E-state index in [1.807, 2.05) is 6.92 Å². The fraction of sp³-hybridized carbons (Fsp3) is 0.750. The predicted octanol–water partition coefficient (Wildman–Crippen LogP) is -0.219. The van der Waals surface area contributed by atoms with E-state index in [4.69, 9.17) is 15.6 Å². The van der Waals surface area contributed by atoms with E-state index in [1.165, 1.54) is 0 Å². The van der Waals surface area contributed by atoms with Crippen LogP contribution < -0.4 is 11.1 Å². The SMILES string of the molecule is CCCCOC(=O)C1(NC(=O)[C@@H](N)CC(=O)O)CC1. The molecule has 0 heterocycles. The highest BCUT2D eigenvalue weighted by Crippen LogP contribution is 2.36. The minimum absolute atomic E-state index is 0.328. The molecule has 0 unspecified atom stereocenters. The Bertz CT molecular complexity index is 365. The van der Waals surface area contributed by atoms with Crippen LogP contribution in [0.2, 0.25) is 0 Å². The lowest BCUT2D eigenvalue weighted by atomic mass is 10.2. The molecule has 1 aliphatic rings. The average Bonchev–Trinajstić information content (AvgIpc) is 3.09. The molecular formula is C12H20N2O5. The molecule has 1 saturated carbocycles. The van der Waals surface area contributed by atoms with Crippen molar-refractivity contribution in [2.45, 2.75) is 50.6 Å². The van der Waals surface area contributed by atoms with Crippen molar-refractivity contribution in [1.29, 1.82) is 0 Å². The summed E-state index contributed by atoms with van der Waals surface area (Å²) < 4.78 is 5.06. The van der Waals surface area contributed by atoms with Crippen LogP contribution in [0.15, 0.2) is 0 Å². The zero-order valence-corrected chi connectivity index (χ0v) is 11.0. The standard InChI is InChI=1S/C12H20N2O5/c1-2-3-6-19-11(18)12(4-5-12)14-10(17)8(13)7-9(15)16/h8H,2-7,13H2,1H3,(H,14,17)(H,15,16)/t8-/m0/s1. The molecule has 0 spiro atoms. The highest BCUT2D eigenvalue weighted by atomic mass is 16.5. The molecule has 108 valence electrons. The Balaban J connectivity index is 2.44. The third kappa shape index (κ3) is 4.51. The van der Waals surface area contributed by atoms with E-state index < -0.39 is 35.8 Å². The van der Waals surface area contributed by atoms with Crippen molar-refractivity contribution >= 4 is 17.8 Å². The van der Waals surface area contributed by atoms with E-state index in [2.05, 4.69) is 5.32 Å². The van der Waals surface area contributed by atoms with Gasteiger partial charge in [0.25, 0.3) is 0 Å². The second kappa shape index (κ2) is 6.51. The minimum atomic E-state index is -1.15. The first-order valence-electron chi connectivity index (χ1n) is 6.38. The summed E-state index contributed by atoms with van der Waals surface area (Å²) in [6, 6.07) is -1.15. The van der Waals surface area contributed by atoms with Gasteiger partial charge in [-0.25, -0.2) is 4.79 Å². The van der Waals surface area contributed by atoms with E-state index in [-0.39, 0.29) is 0 Å². The van der Waals surface area contributed by atoms with Crippen molar-refractivity contribution in [3.8, 4) is 0 Å². The van der Waals surface area contributed by atoms with Crippen LogP contribution in [0.5, 0.6) is 0 Å². The normalized spacial score (nSPS) is 17.4. The Kier molecular flexibility index (Phi) is 5.29. The van der Waals surface area contributed by atoms with Gasteiger partial charge < -0.3 is 20.9 Å². The van der Waals surface area contributed by atoms with Crippen molar-refractivity contribution in [2.75, 3.05) is 6.61 Å². The third-order valence-corrected chi connectivity index (χ3v) is 2.97. The average molecular weight is 272 g/mol. The number of carbonyl (C=O) groups excluding carboxylic acids is 2. The molecule has 0 aliphatic heterocycles. The molecule has 1 atom stereocenters. The molecule has 1 amide bonds. The van der Waals surface area contributed by atoms with Gasteiger partial charge in [0, 0.05) is 0 Å². The van der Waals surface area contributed by atoms with Crippen LogP contribution in [0, 0.1) is 0 Å². The second-order valence-corrected chi connectivity index (χ2v) is 4.77. The molecule has 1 aliphatic carbocycles. The Morgan fingerprint density at radius 1 is 1.42 bits per heavy atom. The van der Waals surface area contributed by atoms with Gasteiger partial charge in [-0.15, -0.1) is 0 Å². The van der Waals surface area contributed by atoms with Gasteiger partial charge >= 0.3 is 11.9 Å². The van der Waals surface area contributed by atoms with Crippen LogP contribution in [-0.2, 0) is 19.1 Å². The number of hydrogen-bond acceptors (Lipinski definition) is 5. The summed E-state index contributed by atoms with van der Waals surface area (Å²) in [5.74, 6) is -2.25. The number of amides is 1. The summed E-state index contributed by atoms with van der Waals surface area (Å²) >= 11 is 0. The number of carbonyl (C=O) groups is 3. The predicted molar refractivity (Wildman–Crippen MR) is 66.2 cm³/mol. The van der Waals surface area contributed by atoms with Crippen molar-refractivity contribution in [3.63, 3.8) is 0 Å². The summed E-state index contributed by atoms with van der Waals surface area (Å²) in [6.07, 6.45) is 2.23. The summed E-state index contributed by atoms with van der Waals surface area (Å²) in [7, 11) is 0. The van der Waals surface area contributed by atoms with Gasteiger partial charge in [-0.3, -0.25) is 9.59 Å². The van der Waals surface area contributed by atoms with Gasteiger partial charge in [-0.2, -0.15) is 0 Å². The molecule has 0 radical (unpaired) electrons. The maximum absolute atomic E-state index is 11.8. The molecule has 0 saturated heterocycles. The lowest BCUT2D eigenvalue weighted by Crippen LogP contribution is -2.51. The number of ether oxygens (including phenoxy) is 1. The van der Waals surface area contributed by atoms with Gasteiger partial charge in [0.15, 0.2) is 0 Å². The number of esters is 1. The van der Waals surface area contributed by atoms with Gasteiger partial charge in [0.05, 0.1) is 19.1 Å². The van der Waals surface area contributed by atoms with E-state index in [0.717, 1.165) is 12.8 Å². The molecule has 1 fully saturated rings. The van der Waals surface area contributed by atoms with E-state index in [0.29, 0.717) is 19.4 Å². The van der Waals surface area contributed by atoms with Crippen molar-refractivity contribution < 1.29 is 24.2 Å². The van der Waals surface area contributed by atoms with Crippen LogP contribution in [0.3, 0.4) is 0 Å². The largest absolute Gasteiger partial charge is 0.481 e. The molecule has 0 aromatic carbocycles. The summed E-state index contributed by atoms with van der Waals surface area (Å²) in [6.45, 7) is 2.31. The number of carboxylic acids is 1. The number of unbranched alkanes of at least 4 members (excludes halogenated alkanes) is 1. The van der Waals surface area contributed by atoms with Crippen LogP contribution in [-0.4, -0.2) is 41.1 Å². The molecule has 1 rings (SSSR count). The molecular weight excluding hydrogens is 252 g/mol. The first kappa shape index (κ1) is 15.4. The van der Waals surface area contributed by atoms with Crippen LogP contribution in [0.4, 0.5) is 0 Å². The Morgan fingerprint density at radius 3 is 2.53 bits per heavy atom. The first-order chi connectivity index (χ1) is 8.91. The number of nitrogens with one attached hydrogen (secondary N) is 1. The number of carboxylic acid groups (broad SMARTS) is 1. The fourth-order valence-electron chi connectivity index (χ4n) is 1.56. The maximum Gasteiger partial charge on any atom is 0.331 e. The zero-order chi connectivity index (χ0) is 14.5. The van der Waals surface area contributed by atoms with Gasteiger partial charge in [-0.05, 0) is 19.3 Å². The zero-order valence-electron chi connectivity index (χ0n) is 11.0. The Hall–Kier alpha value is -1.63. The first-order valence-corrected chi connectivity index (χ1v) is 6.38. The summed E-state index contributed by atoms with van der Waals surface area (Å²) in [5.41, 5.74) is 4.44. The van der Waals surface area contributed by atoms with Crippen molar-refractivity contribution in [2.24, 2.45) is 5.73 Å². The monoisotopic (exact) mass is 272 g/mol. The van der Waals surface area contributed by atoms with Crippen molar-refractivity contribution in [1.82, 2.24) is 5.32 Å². The number of rotatable bonds is 8. The van der Waals surface area contributed by atoms with Crippen LogP contribution in [0.25, 0.3) is 0 Å². The Labute approximate surface area is 111 Å². The van der Waals surface area contributed by atoms with E-state index >= 15 is 0 Å². The topological polar surface area (TPSA) is 119 Å². The van der Waals surface area contributed by atoms with Crippen molar-refractivity contribution in [3.05, 3.63) is 0 Å². The smallest absolute Gasteiger partial charge is 0.331 e. The second-order valence-electron chi connectivity index (χ2n) is 4.77. The van der Waals surface area contributed by atoms with Gasteiger partial charge in [0.1, 0.15) is 5.54 Å². The molecule has 0 bridgehead atoms.